The summed E-state index contributed by atoms with van der Waals surface area (Å²) < 4.78 is 0. The highest BCUT2D eigenvalue weighted by Gasteiger charge is 2.24. The molecule has 0 heterocycles. The maximum Gasteiger partial charge on any atom is 0.0419 e. The summed E-state index contributed by atoms with van der Waals surface area (Å²) in [7, 11) is 0. The van der Waals surface area contributed by atoms with E-state index < -0.39 is 0 Å². The van der Waals surface area contributed by atoms with Gasteiger partial charge in [0.05, 0.1) is 0 Å². The minimum absolute atomic E-state index is 0.346. The fraction of sp³-hybridized carbons (Fsp3) is 0.286. The van der Waals surface area contributed by atoms with Gasteiger partial charge in [-0.25, -0.2) is 0 Å². The third-order valence-corrected chi connectivity index (χ3v) is 3.33. The largest absolute Gasteiger partial charge is 0.399 e. The number of rotatable bonds is 2. The Morgan fingerprint density at radius 2 is 2.06 bits per heavy atom. The molecular formula is C14H19N3. The van der Waals surface area contributed by atoms with Crippen LogP contribution in [0.2, 0.25) is 0 Å². The first-order valence-corrected chi connectivity index (χ1v) is 5.78. The van der Waals surface area contributed by atoms with E-state index >= 15 is 0 Å². The Morgan fingerprint density at radius 1 is 1.29 bits per heavy atom. The molecule has 0 fully saturated rings. The van der Waals surface area contributed by atoms with Crippen LogP contribution in [0.5, 0.6) is 0 Å². The quantitative estimate of drug-likeness (QED) is 0.674. The second-order valence-electron chi connectivity index (χ2n) is 4.78. The van der Waals surface area contributed by atoms with Gasteiger partial charge in [0, 0.05) is 16.9 Å². The standard InChI is InChI=1S/C14H19N3/c1-10-11(3-2-4-13(10)16)9-14(17)7-5-12(15)6-8-14/h2-7H,8-9,15-17H2,1H3. The third-order valence-electron chi connectivity index (χ3n) is 3.33. The van der Waals surface area contributed by atoms with Crippen LogP contribution in [0, 0.1) is 6.92 Å². The average Bonchev–Trinajstić information content (AvgIpc) is 2.30. The summed E-state index contributed by atoms with van der Waals surface area (Å²) in [5.41, 5.74) is 21.5. The number of anilines is 1. The topological polar surface area (TPSA) is 78.1 Å². The van der Waals surface area contributed by atoms with E-state index in [0.717, 1.165) is 29.8 Å². The van der Waals surface area contributed by atoms with Crippen LogP contribution in [0.3, 0.4) is 0 Å². The van der Waals surface area contributed by atoms with E-state index in [9.17, 15) is 0 Å². The Labute approximate surface area is 102 Å². The fourth-order valence-corrected chi connectivity index (χ4v) is 2.09. The first-order chi connectivity index (χ1) is 8.00. The van der Waals surface area contributed by atoms with Crippen LogP contribution in [0.4, 0.5) is 5.69 Å². The molecule has 1 aromatic carbocycles. The Bertz CT molecular complexity index is 488. The smallest absolute Gasteiger partial charge is 0.0419 e. The second kappa shape index (κ2) is 4.26. The summed E-state index contributed by atoms with van der Waals surface area (Å²) >= 11 is 0. The van der Waals surface area contributed by atoms with E-state index in [4.69, 9.17) is 17.2 Å². The Hall–Kier alpha value is -1.74. The maximum atomic E-state index is 6.34. The van der Waals surface area contributed by atoms with Crippen molar-refractivity contribution in [3.05, 3.63) is 53.3 Å². The first-order valence-electron chi connectivity index (χ1n) is 5.78. The SMILES string of the molecule is Cc1c(N)cccc1CC1(N)C=CC(N)=CC1. The molecule has 0 amide bonds. The van der Waals surface area contributed by atoms with Gasteiger partial charge in [0.25, 0.3) is 0 Å². The van der Waals surface area contributed by atoms with Gasteiger partial charge in [0.1, 0.15) is 0 Å². The van der Waals surface area contributed by atoms with Gasteiger partial charge < -0.3 is 17.2 Å². The predicted molar refractivity (Wildman–Crippen MR) is 72.2 cm³/mol. The zero-order valence-corrected chi connectivity index (χ0v) is 10.1. The van der Waals surface area contributed by atoms with Gasteiger partial charge in [-0.05, 0) is 43.0 Å². The second-order valence-corrected chi connectivity index (χ2v) is 4.78. The van der Waals surface area contributed by atoms with Gasteiger partial charge in [0.15, 0.2) is 0 Å². The van der Waals surface area contributed by atoms with Crippen LogP contribution in [0.15, 0.2) is 42.1 Å². The molecule has 1 aromatic rings. The lowest BCUT2D eigenvalue weighted by molar-refractivity contribution is 0.524. The van der Waals surface area contributed by atoms with Gasteiger partial charge >= 0.3 is 0 Å². The molecule has 90 valence electrons. The number of hydrogen-bond donors (Lipinski definition) is 3. The first kappa shape index (κ1) is 11.7. The molecule has 1 atom stereocenters. The Balaban J connectivity index is 2.22. The molecule has 0 aliphatic heterocycles. The third kappa shape index (κ3) is 2.50. The molecule has 0 saturated heterocycles. The van der Waals surface area contributed by atoms with Crippen LogP contribution in [-0.2, 0) is 6.42 Å². The van der Waals surface area contributed by atoms with Crippen molar-refractivity contribution >= 4 is 5.69 Å². The number of hydrogen-bond acceptors (Lipinski definition) is 3. The van der Waals surface area contributed by atoms with E-state index in [-0.39, 0.29) is 5.54 Å². The van der Waals surface area contributed by atoms with Gasteiger partial charge in [-0.1, -0.05) is 24.3 Å². The number of benzene rings is 1. The van der Waals surface area contributed by atoms with Crippen molar-refractivity contribution < 1.29 is 0 Å². The summed E-state index contributed by atoms with van der Waals surface area (Å²) in [5, 5.41) is 0. The van der Waals surface area contributed by atoms with Crippen LogP contribution >= 0.6 is 0 Å². The number of nitrogen functional groups attached to an aromatic ring is 1. The molecule has 2 rings (SSSR count). The van der Waals surface area contributed by atoms with Crippen molar-refractivity contribution in [1.29, 1.82) is 0 Å². The maximum absolute atomic E-state index is 6.34. The molecule has 1 aliphatic carbocycles. The molecule has 0 aromatic heterocycles. The molecule has 0 bridgehead atoms. The van der Waals surface area contributed by atoms with Gasteiger partial charge in [-0.15, -0.1) is 0 Å². The average molecular weight is 229 g/mol. The van der Waals surface area contributed by atoms with Crippen molar-refractivity contribution in [3.63, 3.8) is 0 Å². The van der Waals surface area contributed by atoms with E-state index in [1.807, 2.05) is 37.3 Å². The van der Waals surface area contributed by atoms with Crippen LogP contribution in [0.25, 0.3) is 0 Å². The van der Waals surface area contributed by atoms with Crippen molar-refractivity contribution in [2.75, 3.05) is 5.73 Å². The predicted octanol–water partition coefficient (Wildman–Crippen LogP) is 1.62. The summed E-state index contributed by atoms with van der Waals surface area (Å²) in [6.07, 6.45) is 7.39. The van der Waals surface area contributed by atoms with E-state index in [0.29, 0.717) is 0 Å². The summed E-state index contributed by atoms with van der Waals surface area (Å²) in [6.45, 7) is 2.03. The van der Waals surface area contributed by atoms with Crippen molar-refractivity contribution in [2.24, 2.45) is 11.5 Å². The highest BCUT2D eigenvalue weighted by atomic mass is 14.7. The molecule has 3 nitrogen and oxygen atoms in total. The highest BCUT2D eigenvalue weighted by Crippen LogP contribution is 2.25. The van der Waals surface area contributed by atoms with Crippen LogP contribution in [0.1, 0.15) is 17.5 Å². The molecule has 1 unspecified atom stereocenters. The molecule has 0 spiro atoms. The van der Waals surface area contributed by atoms with Crippen LogP contribution < -0.4 is 17.2 Å². The number of nitrogens with two attached hydrogens (primary N) is 3. The zero-order chi connectivity index (χ0) is 12.5. The molecular weight excluding hydrogens is 210 g/mol. The molecule has 3 heteroatoms. The zero-order valence-electron chi connectivity index (χ0n) is 10.1. The summed E-state index contributed by atoms with van der Waals surface area (Å²) in [4.78, 5) is 0. The van der Waals surface area contributed by atoms with E-state index in [2.05, 4.69) is 6.07 Å². The van der Waals surface area contributed by atoms with E-state index in [1.165, 1.54) is 5.56 Å². The highest BCUT2D eigenvalue weighted by molar-refractivity contribution is 5.50. The molecule has 6 N–H and O–H groups in total. The van der Waals surface area contributed by atoms with Gasteiger partial charge in [-0.2, -0.15) is 0 Å². The normalized spacial score (nSPS) is 23.5. The molecule has 0 saturated carbocycles. The van der Waals surface area contributed by atoms with Gasteiger partial charge in [-0.3, -0.25) is 0 Å². The minimum atomic E-state index is -0.346. The lowest BCUT2D eigenvalue weighted by Crippen LogP contribution is -2.41. The van der Waals surface area contributed by atoms with Crippen molar-refractivity contribution in [1.82, 2.24) is 0 Å². The van der Waals surface area contributed by atoms with Gasteiger partial charge in [0.2, 0.25) is 0 Å². The minimum Gasteiger partial charge on any atom is -0.399 e. The summed E-state index contributed by atoms with van der Waals surface area (Å²) in [6, 6.07) is 5.96. The van der Waals surface area contributed by atoms with Crippen molar-refractivity contribution in [3.8, 4) is 0 Å². The van der Waals surface area contributed by atoms with Crippen molar-refractivity contribution in [2.45, 2.75) is 25.3 Å². The summed E-state index contributed by atoms with van der Waals surface area (Å²) in [5.74, 6) is 0. The molecule has 17 heavy (non-hydrogen) atoms. The molecule has 1 aliphatic rings. The monoisotopic (exact) mass is 229 g/mol. The Morgan fingerprint density at radius 3 is 2.71 bits per heavy atom. The number of allylic oxidation sites excluding steroid dienone is 1. The lowest BCUT2D eigenvalue weighted by Gasteiger charge is -2.28. The van der Waals surface area contributed by atoms with E-state index in [1.54, 1.807) is 0 Å². The molecule has 0 radical (unpaired) electrons. The fourth-order valence-electron chi connectivity index (χ4n) is 2.09. The van der Waals surface area contributed by atoms with Crippen LogP contribution in [-0.4, -0.2) is 5.54 Å². The Kier molecular flexibility index (Phi) is 2.94. The lowest BCUT2D eigenvalue weighted by atomic mass is 9.84.